The van der Waals surface area contributed by atoms with Crippen molar-refractivity contribution in [3.63, 3.8) is 0 Å². The molecule has 1 aliphatic rings. The van der Waals surface area contributed by atoms with Gasteiger partial charge in [0.15, 0.2) is 0 Å². The second-order valence-corrected chi connectivity index (χ2v) is 6.93. The Balaban J connectivity index is 1.48. The number of nitrogens with zero attached hydrogens (tertiary/aromatic N) is 1. The van der Waals surface area contributed by atoms with Gasteiger partial charge in [-0.3, -0.25) is 10.1 Å². The highest BCUT2D eigenvalue weighted by atomic mass is 35.5. The molecule has 0 aliphatic carbocycles. The molecule has 1 aliphatic heterocycles. The van der Waals surface area contributed by atoms with Gasteiger partial charge in [0.2, 0.25) is 0 Å². The smallest absolute Gasteiger partial charge is 0.257 e. The topological polar surface area (TPSA) is 69.3 Å². The second kappa shape index (κ2) is 6.94. The van der Waals surface area contributed by atoms with E-state index in [1.807, 2.05) is 24.3 Å². The Labute approximate surface area is 156 Å². The summed E-state index contributed by atoms with van der Waals surface area (Å²) >= 11 is 5.86. The van der Waals surface area contributed by atoms with Crippen LogP contribution in [0.15, 0.2) is 53.6 Å². The van der Waals surface area contributed by atoms with Gasteiger partial charge in [0.25, 0.3) is 5.91 Å². The number of fused-ring (bicyclic) bond motifs is 3. The van der Waals surface area contributed by atoms with Crippen LogP contribution in [0.2, 0.25) is 5.02 Å². The molecule has 2 aromatic carbocycles. The van der Waals surface area contributed by atoms with Gasteiger partial charge in [0.05, 0.1) is 12.3 Å². The zero-order valence-corrected chi connectivity index (χ0v) is 15.0. The van der Waals surface area contributed by atoms with Crippen molar-refractivity contribution in [3.8, 4) is 0 Å². The average Bonchev–Trinajstić information content (AvgIpc) is 3.03. The number of H-pyrrole nitrogens is 1. The van der Waals surface area contributed by atoms with E-state index in [0.29, 0.717) is 11.4 Å². The van der Waals surface area contributed by atoms with Crippen molar-refractivity contribution in [3.05, 3.63) is 70.4 Å². The van der Waals surface area contributed by atoms with E-state index in [2.05, 4.69) is 39.9 Å². The first-order valence-electron chi connectivity index (χ1n) is 8.56. The van der Waals surface area contributed by atoms with Gasteiger partial charge in [-0.25, -0.2) is 5.43 Å². The zero-order valence-electron chi connectivity index (χ0n) is 14.3. The predicted octanol–water partition coefficient (Wildman–Crippen LogP) is 3.55. The van der Waals surface area contributed by atoms with Crippen LogP contribution in [0.5, 0.6) is 0 Å². The molecular weight excluding hydrogens is 348 g/mol. The Morgan fingerprint density at radius 3 is 2.81 bits per heavy atom. The van der Waals surface area contributed by atoms with Crippen LogP contribution in [0.4, 0.5) is 0 Å². The maximum absolute atomic E-state index is 12.5. The number of hydrazone groups is 1. The van der Waals surface area contributed by atoms with Gasteiger partial charge in [-0.05, 0) is 42.7 Å². The second-order valence-electron chi connectivity index (χ2n) is 6.49. The van der Waals surface area contributed by atoms with E-state index in [4.69, 9.17) is 11.6 Å². The Hall–Kier alpha value is -2.63. The largest absolute Gasteiger partial charge is 0.357 e. The van der Waals surface area contributed by atoms with Crippen LogP contribution >= 0.6 is 11.6 Å². The average molecular weight is 367 g/mol. The summed E-state index contributed by atoms with van der Waals surface area (Å²) in [6.07, 6.45) is 2.24. The monoisotopic (exact) mass is 366 g/mol. The Bertz CT molecular complexity index is 977. The van der Waals surface area contributed by atoms with Gasteiger partial charge < -0.3 is 4.98 Å². The number of benzene rings is 2. The molecule has 2 heterocycles. The van der Waals surface area contributed by atoms with E-state index in [0.717, 1.165) is 16.8 Å². The number of para-hydroxylation sites is 1. The number of hydrogen-bond acceptors (Lipinski definition) is 3. The van der Waals surface area contributed by atoms with Gasteiger partial charge in [-0.1, -0.05) is 41.9 Å². The lowest BCUT2D eigenvalue weighted by Gasteiger charge is -2.27. The predicted molar refractivity (Wildman–Crippen MR) is 105 cm³/mol. The summed E-state index contributed by atoms with van der Waals surface area (Å²) in [4.78, 5) is 16.0. The van der Waals surface area contributed by atoms with Gasteiger partial charge in [-0.2, -0.15) is 5.10 Å². The number of amides is 1. The van der Waals surface area contributed by atoms with E-state index in [1.165, 1.54) is 10.9 Å². The molecule has 3 N–H and O–H groups in total. The zero-order chi connectivity index (χ0) is 18.1. The summed E-state index contributed by atoms with van der Waals surface area (Å²) in [5.74, 6) is -0.141. The highest BCUT2D eigenvalue weighted by Gasteiger charge is 2.30. The Morgan fingerprint density at radius 1 is 1.23 bits per heavy atom. The molecule has 0 spiro atoms. The van der Waals surface area contributed by atoms with Gasteiger partial charge in [0, 0.05) is 27.7 Å². The number of carbonyl (C=O) groups excluding carboxylic acids is 1. The van der Waals surface area contributed by atoms with Crippen LogP contribution in [0.3, 0.4) is 0 Å². The number of rotatable bonds is 3. The molecule has 0 bridgehead atoms. The maximum Gasteiger partial charge on any atom is 0.257 e. The molecule has 0 saturated heterocycles. The van der Waals surface area contributed by atoms with Crippen LogP contribution < -0.4 is 10.7 Å². The third-order valence-corrected chi connectivity index (χ3v) is 4.97. The fraction of sp³-hybridized carbons (Fsp3) is 0.200. The van der Waals surface area contributed by atoms with Gasteiger partial charge in [0.1, 0.15) is 0 Å². The SMILES string of the molecule is C[C@H]1N[C@@H](C(=O)NN=Cc2ccc(Cl)cc2)Cc2c1[nH]c1ccccc21. The quantitative estimate of drug-likeness (QED) is 0.490. The summed E-state index contributed by atoms with van der Waals surface area (Å²) in [7, 11) is 0. The van der Waals surface area contributed by atoms with Crippen molar-refractivity contribution >= 4 is 34.6 Å². The minimum absolute atomic E-state index is 0.0714. The van der Waals surface area contributed by atoms with E-state index in [9.17, 15) is 4.79 Å². The number of nitrogens with one attached hydrogen (secondary N) is 3. The summed E-state index contributed by atoms with van der Waals surface area (Å²) in [5.41, 5.74) is 6.97. The van der Waals surface area contributed by atoms with Crippen molar-refractivity contribution in [2.45, 2.75) is 25.4 Å². The molecule has 132 valence electrons. The summed E-state index contributed by atoms with van der Waals surface area (Å²) in [6, 6.07) is 15.2. The minimum Gasteiger partial charge on any atom is -0.357 e. The van der Waals surface area contributed by atoms with Crippen LogP contribution in [-0.4, -0.2) is 23.1 Å². The fourth-order valence-electron chi connectivity index (χ4n) is 3.42. The van der Waals surface area contributed by atoms with Gasteiger partial charge in [-0.15, -0.1) is 0 Å². The first kappa shape index (κ1) is 16.8. The van der Waals surface area contributed by atoms with Crippen LogP contribution in [-0.2, 0) is 11.2 Å². The molecule has 0 fully saturated rings. The molecule has 1 aromatic heterocycles. The van der Waals surface area contributed by atoms with Crippen LogP contribution in [0, 0.1) is 0 Å². The lowest BCUT2D eigenvalue weighted by molar-refractivity contribution is -0.123. The third kappa shape index (κ3) is 3.23. The molecule has 1 amide bonds. The normalized spacial score (nSPS) is 19.6. The molecule has 2 atom stereocenters. The van der Waals surface area contributed by atoms with E-state index in [1.54, 1.807) is 18.3 Å². The molecule has 3 aromatic rings. The molecule has 0 radical (unpaired) electrons. The van der Waals surface area contributed by atoms with E-state index < -0.39 is 0 Å². The molecule has 6 heteroatoms. The summed E-state index contributed by atoms with van der Waals surface area (Å²) in [6.45, 7) is 2.06. The summed E-state index contributed by atoms with van der Waals surface area (Å²) in [5, 5.41) is 9.26. The molecule has 0 unspecified atom stereocenters. The third-order valence-electron chi connectivity index (χ3n) is 4.71. The maximum atomic E-state index is 12.5. The lowest BCUT2D eigenvalue weighted by atomic mass is 9.94. The van der Waals surface area contributed by atoms with Gasteiger partial charge >= 0.3 is 0 Å². The number of carbonyl (C=O) groups is 1. The highest BCUT2D eigenvalue weighted by molar-refractivity contribution is 6.30. The number of aromatic nitrogens is 1. The van der Waals surface area contributed by atoms with Crippen molar-refractivity contribution in [1.82, 2.24) is 15.7 Å². The van der Waals surface area contributed by atoms with Crippen molar-refractivity contribution in [1.29, 1.82) is 0 Å². The Morgan fingerprint density at radius 2 is 2.00 bits per heavy atom. The van der Waals surface area contributed by atoms with Crippen molar-refractivity contribution in [2.24, 2.45) is 5.10 Å². The van der Waals surface area contributed by atoms with E-state index >= 15 is 0 Å². The molecule has 0 saturated carbocycles. The van der Waals surface area contributed by atoms with Crippen molar-refractivity contribution in [2.75, 3.05) is 0 Å². The first-order valence-corrected chi connectivity index (χ1v) is 8.93. The number of halogens is 1. The Kier molecular flexibility index (Phi) is 4.49. The first-order chi connectivity index (χ1) is 12.6. The van der Waals surface area contributed by atoms with E-state index in [-0.39, 0.29) is 18.0 Å². The molecular formula is C20H19ClN4O. The summed E-state index contributed by atoms with van der Waals surface area (Å²) < 4.78 is 0. The molecule has 26 heavy (non-hydrogen) atoms. The van der Waals surface area contributed by atoms with Crippen LogP contribution in [0.1, 0.15) is 29.8 Å². The minimum atomic E-state index is -0.320. The van der Waals surface area contributed by atoms with Crippen LogP contribution in [0.25, 0.3) is 10.9 Å². The molecule has 4 rings (SSSR count). The highest BCUT2D eigenvalue weighted by Crippen LogP contribution is 2.31. The molecule has 5 nitrogen and oxygen atoms in total. The number of hydrogen-bond donors (Lipinski definition) is 3. The fourth-order valence-corrected chi connectivity index (χ4v) is 3.55. The standard InChI is InChI=1S/C20H19ClN4O/c1-12-19-16(15-4-2-3-5-17(15)24-19)10-18(23-12)20(26)25-22-11-13-6-8-14(21)9-7-13/h2-9,11-12,18,23-24H,10H2,1H3,(H,25,26)/t12-,18-/m1/s1. The van der Waals surface area contributed by atoms with Crippen molar-refractivity contribution < 1.29 is 4.79 Å². The number of aromatic amines is 1. The lowest BCUT2D eigenvalue weighted by Crippen LogP contribution is -2.47.